The van der Waals surface area contributed by atoms with Gasteiger partial charge < -0.3 is 18.9 Å². The molecular formula is C24H32O7. The number of carbonyl (C=O) groups is 3. The monoisotopic (exact) mass is 432 g/mol. The van der Waals surface area contributed by atoms with Crippen molar-refractivity contribution in [2.45, 2.75) is 84.5 Å². The molecule has 2 saturated heterocycles. The molecule has 0 radical (unpaired) electrons. The molecule has 2 aliphatic heterocycles. The fourth-order valence-electron chi connectivity index (χ4n) is 3.47. The van der Waals surface area contributed by atoms with Crippen LogP contribution >= 0.6 is 0 Å². The quantitative estimate of drug-likeness (QED) is 0.119. The van der Waals surface area contributed by atoms with Crippen LogP contribution in [-0.2, 0) is 33.3 Å². The Labute approximate surface area is 183 Å². The fraction of sp³-hybridized carbons (Fsp3) is 0.542. The van der Waals surface area contributed by atoms with E-state index in [4.69, 9.17) is 18.9 Å². The van der Waals surface area contributed by atoms with Gasteiger partial charge in [-0.1, -0.05) is 23.3 Å². The zero-order valence-corrected chi connectivity index (χ0v) is 18.9. The number of rotatable bonds is 11. The lowest BCUT2D eigenvalue weighted by atomic mass is 9.95. The molecule has 0 aromatic heterocycles. The number of ether oxygens (including phenoxy) is 4. The van der Waals surface area contributed by atoms with Gasteiger partial charge in [0.05, 0.1) is 12.5 Å². The molecule has 0 unspecified atom stereocenters. The minimum Gasteiger partial charge on any atom is -0.457 e. The molecule has 0 saturated carbocycles. The zero-order valence-electron chi connectivity index (χ0n) is 18.9. The average molecular weight is 433 g/mol. The van der Waals surface area contributed by atoms with Gasteiger partial charge in [-0.3, -0.25) is 9.59 Å². The summed E-state index contributed by atoms with van der Waals surface area (Å²) in [5.74, 6) is -1.30. The lowest BCUT2D eigenvalue weighted by molar-refractivity contribution is -0.154. The van der Waals surface area contributed by atoms with Crippen molar-refractivity contribution in [1.82, 2.24) is 0 Å². The Hall–Kier alpha value is -2.67. The summed E-state index contributed by atoms with van der Waals surface area (Å²) in [7, 11) is 0. The number of fused-ring (bicyclic) bond motifs is 1. The summed E-state index contributed by atoms with van der Waals surface area (Å²) in [6.07, 6.45) is 11.1. The van der Waals surface area contributed by atoms with Crippen LogP contribution in [0.3, 0.4) is 0 Å². The molecule has 0 amide bonds. The molecule has 0 aromatic carbocycles. The maximum Gasteiger partial charge on any atom is 0.341 e. The first-order valence-corrected chi connectivity index (χ1v) is 10.5. The van der Waals surface area contributed by atoms with Crippen LogP contribution in [0.1, 0.15) is 66.7 Å². The molecule has 7 nitrogen and oxygen atoms in total. The van der Waals surface area contributed by atoms with Crippen LogP contribution in [0.5, 0.6) is 0 Å². The van der Waals surface area contributed by atoms with Crippen molar-refractivity contribution in [3.8, 4) is 0 Å². The van der Waals surface area contributed by atoms with Gasteiger partial charge in [0.15, 0.2) is 5.60 Å². The predicted molar refractivity (Wildman–Crippen MR) is 115 cm³/mol. The molecule has 0 aliphatic carbocycles. The van der Waals surface area contributed by atoms with Crippen LogP contribution in [0.25, 0.3) is 0 Å². The second-order valence-electron chi connectivity index (χ2n) is 8.20. The minimum absolute atomic E-state index is 0.279. The van der Waals surface area contributed by atoms with E-state index >= 15 is 0 Å². The van der Waals surface area contributed by atoms with Crippen molar-refractivity contribution in [3.63, 3.8) is 0 Å². The van der Waals surface area contributed by atoms with Gasteiger partial charge in [0.2, 0.25) is 0 Å². The molecule has 31 heavy (non-hydrogen) atoms. The van der Waals surface area contributed by atoms with E-state index in [9.17, 15) is 14.4 Å². The van der Waals surface area contributed by atoms with Gasteiger partial charge >= 0.3 is 17.9 Å². The number of hydrogen-bond acceptors (Lipinski definition) is 7. The number of esters is 3. The Kier molecular flexibility index (Phi) is 8.80. The van der Waals surface area contributed by atoms with Crippen LogP contribution < -0.4 is 0 Å². The predicted octanol–water partition coefficient (Wildman–Crippen LogP) is 4.44. The smallest absolute Gasteiger partial charge is 0.341 e. The van der Waals surface area contributed by atoms with Crippen LogP contribution in [0.2, 0.25) is 0 Å². The summed E-state index contributed by atoms with van der Waals surface area (Å²) < 4.78 is 21.0. The normalized spacial score (nSPS) is 25.1. The maximum absolute atomic E-state index is 12.5. The van der Waals surface area contributed by atoms with Gasteiger partial charge in [0.1, 0.15) is 12.2 Å². The van der Waals surface area contributed by atoms with Gasteiger partial charge in [-0.05, 0) is 58.1 Å². The number of carbonyl (C=O) groups excluding carboxylic acids is 3. The van der Waals surface area contributed by atoms with Gasteiger partial charge in [0, 0.05) is 20.3 Å². The van der Waals surface area contributed by atoms with Crippen molar-refractivity contribution in [3.05, 3.63) is 47.5 Å². The van der Waals surface area contributed by atoms with Crippen molar-refractivity contribution < 1.29 is 33.3 Å². The van der Waals surface area contributed by atoms with E-state index in [1.807, 2.05) is 0 Å². The van der Waals surface area contributed by atoms with Gasteiger partial charge in [-0.25, -0.2) is 4.79 Å². The summed E-state index contributed by atoms with van der Waals surface area (Å²) in [5, 5.41) is 0. The van der Waals surface area contributed by atoms with Gasteiger partial charge in [0.25, 0.3) is 0 Å². The van der Waals surface area contributed by atoms with E-state index < -0.39 is 23.6 Å². The standard InChI is InChI=1S/C24H32O7/c1-16(2)8-6-9-17(3)10-7-12-24-22(31-24)21(30-23(24)27)14-20(15-29-19(5)26)11-13-28-18(4)25/h8,10-11,13,15,21-22H,6-7,9,12,14H2,1-5H3/b13-11+,17-10+,20-15-/t21-,22-,24-/m1/s1. The molecule has 0 N–H and O–H groups in total. The Morgan fingerprint density at radius 1 is 1.03 bits per heavy atom. The summed E-state index contributed by atoms with van der Waals surface area (Å²) in [4.78, 5) is 34.5. The average Bonchev–Trinajstić information content (AvgIpc) is 3.34. The Balaban J connectivity index is 1.93. The van der Waals surface area contributed by atoms with E-state index in [1.165, 1.54) is 43.6 Å². The van der Waals surface area contributed by atoms with Crippen LogP contribution in [0, 0.1) is 0 Å². The number of cyclic esters (lactones) is 1. The molecule has 0 spiro atoms. The molecule has 170 valence electrons. The third kappa shape index (κ3) is 7.51. The molecule has 0 bridgehead atoms. The third-order valence-corrected chi connectivity index (χ3v) is 5.11. The largest absolute Gasteiger partial charge is 0.457 e. The second-order valence-corrected chi connectivity index (χ2v) is 8.20. The first-order chi connectivity index (χ1) is 14.6. The summed E-state index contributed by atoms with van der Waals surface area (Å²) in [6.45, 7) is 8.83. The molecule has 3 atom stereocenters. The lowest BCUT2D eigenvalue weighted by Crippen LogP contribution is -2.22. The molecule has 2 fully saturated rings. The van der Waals surface area contributed by atoms with Crippen LogP contribution in [0.15, 0.2) is 47.5 Å². The highest BCUT2D eigenvalue weighted by atomic mass is 16.7. The number of hydrogen-bond donors (Lipinski definition) is 0. The highest BCUT2D eigenvalue weighted by Gasteiger charge is 2.72. The summed E-state index contributed by atoms with van der Waals surface area (Å²) in [6, 6.07) is 0. The maximum atomic E-state index is 12.5. The molecule has 2 heterocycles. The van der Waals surface area contributed by atoms with Crippen molar-refractivity contribution in [2.75, 3.05) is 0 Å². The number of epoxide rings is 1. The van der Waals surface area contributed by atoms with E-state index in [2.05, 4.69) is 32.9 Å². The molecular weight excluding hydrogens is 400 g/mol. The minimum atomic E-state index is -0.881. The molecule has 2 rings (SSSR count). The third-order valence-electron chi connectivity index (χ3n) is 5.11. The van der Waals surface area contributed by atoms with Gasteiger partial charge in [-0.2, -0.15) is 0 Å². The first-order valence-electron chi connectivity index (χ1n) is 10.5. The molecule has 2 aliphatic rings. The van der Waals surface area contributed by atoms with Crippen molar-refractivity contribution >= 4 is 17.9 Å². The van der Waals surface area contributed by atoms with Crippen molar-refractivity contribution in [1.29, 1.82) is 0 Å². The zero-order chi connectivity index (χ0) is 23.0. The molecule has 7 heteroatoms. The Morgan fingerprint density at radius 3 is 2.35 bits per heavy atom. The molecule has 0 aromatic rings. The Morgan fingerprint density at radius 2 is 1.74 bits per heavy atom. The summed E-state index contributed by atoms with van der Waals surface area (Å²) >= 11 is 0. The summed E-state index contributed by atoms with van der Waals surface area (Å²) in [5.41, 5.74) is 2.25. The van der Waals surface area contributed by atoms with E-state index in [0.717, 1.165) is 19.3 Å². The highest BCUT2D eigenvalue weighted by molar-refractivity contribution is 5.86. The van der Waals surface area contributed by atoms with E-state index in [1.54, 1.807) is 0 Å². The SMILES string of the molecule is CC(=O)O/C=C/C(=C/OC(C)=O)C[C@H]1OC(=O)[C@]2(CC/C=C(\C)CCC=C(C)C)O[C@H]12. The number of allylic oxidation sites excluding steroid dienone is 5. The first kappa shape index (κ1) is 24.6. The van der Waals surface area contributed by atoms with Crippen LogP contribution in [0.4, 0.5) is 0 Å². The lowest BCUT2D eigenvalue weighted by Gasteiger charge is -2.12. The fourth-order valence-corrected chi connectivity index (χ4v) is 3.47. The van der Waals surface area contributed by atoms with Crippen molar-refractivity contribution in [2.24, 2.45) is 0 Å². The van der Waals surface area contributed by atoms with Crippen LogP contribution in [-0.4, -0.2) is 35.7 Å². The second kappa shape index (κ2) is 11.1. The van der Waals surface area contributed by atoms with E-state index in [-0.39, 0.29) is 18.5 Å². The van der Waals surface area contributed by atoms with E-state index in [0.29, 0.717) is 12.0 Å². The topological polar surface area (TPSA) is 91.4 Å². The Bertz CT molecular complexity index is 814. The van der Waals surface area contributed by atoms with Gasteiger partial charge in [-0.15, -0.1) is 0 Å². The highest BCUT2D eigenvalue weighted by Crippen LogP contribution is 2.51.